The van der Waals surface area contributed by atoms with Gasteiger partial charge >= 0.3 is 5.97 Å². The molecule has 0 amide bonds. The van der Waals surface area contributed by atoms with Gasteiger partial charge in [0.1, 0.15) is 23.7 Å². The molecule has 1 aromatic carbocycles. The number of carboxylic acid groups (broad SMARTS) is 1. The molecule has 1 aliphatic heterocycles. The van der Waals surface area contributed by atoms with Gasteiger partial charge in [-0.05, 0) is 25.5 Å². The van der Waals surface area contributed by atoms with Crippen LogP contribution in [0.3, 0.4) is 0 Å². The number of ether oxygens (including phenoxy) is 1. The molecule has 0 aromatic heterocycles. The Labute approximate surface area is 105 Å². The van der Waals surface area contributed by atoms with Crippen LogP contribution in [-0.2, 0) is 4.79 Å². The number of benzene rings is 1. The Bertz CT molecular complexity index is 464. The second-order valence-electron chi connectivity index (χ2n) is 4.46. The Morgan fingerprint density at radius 2 is 2.39 bits per heavy atom. The molecule has 1 aliphatic rings. The third-order valence-electron chi connectivity index (χ3n) is 3.06. The summed E-state index contributed by atoms with van der Waals surface area (Å²) >= 11 is 0. The van der Waals surface area contributed by atoms with Gasteiger partial charge in [0, 0.05) is 6.07 Å². The number of carboxylic acids is 1. The van der Waals surface area contributed by atoms with Crippen LogP contribution in [-0.4, -0.2) is 29.8 Å². The summed E-state index contributed by atoms with van der Waals surface area (Å²) in [6.45, 7) is 4.12. The summed E-state index contributed by atoms with van der Waals surface area (Å²) in [6, 6.07) is 3.53. The highest BCUT2D eigenvalue weighted by Crippen LogP contribution is 2.35. The molecule has 0 saturated heterocycles. The number of rotatable bonds is 3. The third kappa shape index (κ3) is 2.25. The smallest absolute Gasteiger partial charge is 0.326 e. The van der Waals surface area contributed by atoms with Gasteiger partial charge in [0.2, 0.25) is 0 Å². The van der Waals surface area contributed by atoms with Gasteiger partial charge in [-0.3, -0.25) is 0 Å². The van der Waals surface area contributed by atoms with Crippen molar-refractivity contribution >= 4 is 11.7 Å². The zero-order valence-electron chi connectivity index (χ0n) is 10.4. The van der Waals surface area contributed by atoms with E-state index in [1.165, 1.54) is 12.1 Å². The van der Waals surface area contributed by atoms with Gasteiger partial charge in [-0.15, -0.1) is 0 Å². The first-order chi connectivity index (χ1) is 8.52. The van der Waals surface area contributed by atoms with Gasteiger partial charge in [-0.25, -0.2) is 9.18 Å². The van der Waals surface area contributed by atoms with Crippen LogP contribution >= 0.6 is 0 Å². The van der Waals surface area contributed by atoms with Crippen LogP contribution in [0.2, 0.25) is 0 Å². The first kappa shape index (κ1) is 12.7. The molecule has 0 aliphatic carbocycles. The molecule has 2 atom stereocenters. The summed E-state index contributed by atoms with van der Waals surface area (Å²) < 4.78 is 18.9. The molecule has 0 saturated carbocycles. The standard InChI is InChI=1S/C13H16FNO3/c1-3-10(13(16)17)15-7-8(2)18-12-5-4-9(14)6-11(12)15/h4-6,8,10H,3,7H2,1-2H3,(H,16,17). The number of carbonyl (C=O) groups is 1. The molecular weight excluding hydrogens is 237 g/mol. The summed E-state index contributed by atoms with van der Waals surface area (Å²) in [6.07, 6.45) is 0.342. The number of anilines is 1. The Balaban J connectivity index is 2.43. The van der Waals surface area contributed by atoms with Gasteiger partial charge in [0.05, 0.1) is 12.2 Å². The van der Waals surface area contributed by atoms with Gasteiger partial charge in [0.15, 0.2) is 0 Å². The van der Waals surface area contributed by atoms with Crippen molar-refractivity contribution in [1.29, 1.82) is 0 Å². The van der Waals surface area contributed by atoms with Crippen LogP contribution < -0.4 is 9.64 Å². The maximum absolute atomic E-state index is 13.3. The Morgan fingerprint density at radius 3 is 3.00 bits per heavy atom. The molecule has 2 rings (SSSR count). The van der Waals surface area contributed by atoms with Gasteiger partial charge in [0.25, 0.3) is 0 Å². The van der Waals surface area contributed by atoms with E-state index in [9.17, 15) is 14.3 Å². The maximum Gasteiger partial charge on any atom is 0.326 e. The largest absolute Gasteiger partial charge is 0.487 e. The Morgan fingerprint density at radius 1 is 1.67 bits per heavy atom. The van der Waals surface area contributed by atoms with Crippen molar-refractivity contribution in [3.8, 4) is 5.75 Å². The second-order valence-corrected chi connectivity index (χ2v) is 4.46. The molecule has 1 N–H and O–H groups in total. The fourth-order valence-electron chi connectivity index (χ4n) is 2.27. The molecule has 5 heteroatoms. The molecule has 1 heterocycles. The highest BCUT2D eigenvalue weighted by molar-refractivity contribution is 5.79. The monoisotopic (exact) mass is 253 g/mol. The van der Waals surface area contributed by atoms with Crippen molar-refractivity contribution in [1.82, 2.24) is 0 Å². The summed E-state index contributed by atoms with van der Waals surface area (Å²) in [4.78, 5) is 13.0. The fourth-order valence-corrected chi connectivity index (χ4v) is 2.27. The topological polar surface area (TPSA) is 49.8 Å². The quantitative estimate of drug-likeness (QED) is 0.897. The molecule has 98 valence electrons. The number of nitrogens with zero attached hydrogens (tertiary/aromatic N) is 1. The zero-order chi connectivity index (χ0) is 13.3. The molecule has 0 spiro atoms. The molecule has 1 aromatic rings. The van der Waals surface area contributed by atoms with E-state index >= 15 is 0 Å². The van der Waals surface area contributed by atoms with Crippen LogP contribution in [0.15, 0.2) is 18.2 Å². The number of aliphatic carboxylic acids is 1. The zero-order valence-corrected chi connectivity index (χ0v) is 10.4. The molecule has 18 heavy (non-hydrogen) atoms. The average Bonchev–Trinajstić information content (AvgIpc) is 2.30. The number of fused-ring (bicyclic) bond motifs is 1. The lowest BCUT2D eigenvalue weighted by Gasteiger charge is -2.38. The second kappa shape index (κ2) is 4.84. The van der Waals surface area contributed by atoms with Crippen LogP contribution in [0.25, 0.3) is 0 Å². The fraction of sp³-hybridized carbons (Fsp3) is 0.462. The predicted octanol–water partition coefficient (Wildman–Crippen LogP) is 2.28. The first-order valence-corrected chi connectivity index (χ1v) is 5.98. The number of hydrogen-bond donors (Lipinski definition) is 1. The van der Waals surface area contributed by atoms with E-state index in [1.807, 2.05) is 6.92 Å². The van der Waals surface area contributed by atoms with Gasteiger partial charge < -0.3 is 14.7 Å². The number of halogens is 1. The van der Waals surface area contributed by atoms with Crippen LogP contribution in [0.4, 0.5) is 10.1 Å². The summed E-state index contributed by atoms with van der Waals surface area (Å²) in [5.41, 5.74) is 0.516. The lowest BCUT2D eigenvalue weighted by molar-refractivity contribution is -0.138. The molecule has 0 radical (unpaired) electrons. The minimum atomic E-state index is -0.901. The normalized spacial score (nSPS) is 19.9. The van der Waals surface area contributed by atoms with Gasteiger partial charge in [-0.2, -0.15) is 0 Å². The van der Waals surface area contributed by atoms with Crippen molar-refractivity contribution in [2.75, 3.05) is 11.4 Å². The maximum atomic E-state index is 13.3. The van der Waals surface area contributed by atoms with Crippen molar-refractivity contribution in [2.24, 2.45) is 0 Å². The molecule has 0 fully saturated rings. The van der Waals surface area contributed by atoms with Crippen molar-refractivity contribution < 1.29 is 19.0 Å². The highest BCUT2D eigenvalue weighted by atomic mass is 19.1. The minimum Gasteiger partial charge on any atom is -0.487 e. The molecule has 2 unspecified atom stereocenters. The van der Waals surface area contributed by atoms with E-state index in [1.54, 1.807) is 17.9 Å². The van der Waals surface area contributed by atoms with E-state index in [-0.39, 0.29) is 6.10 Å². The molecule has 0 bridgehead atoms. The van der Waals surface area contributed by atoms with Crippen LogP contribution in [0, 0.1) is 5.82 Å². The predicted molar refractivity (Wildman–Crippen MR) is 65.6 cm³/mol. The molecule has 4 nitrogen and oxygen atoms in total. The summed E-state index contributed by atoms with van der Waals surface area (Å²) in [5.74, 6) is -0.756. The van der Waals surface area contributed by atoms with E-state index in [0.29, 0.717) is 24.4 Å². The first-order valence-electron chi connectivity index (χ1n) is 5.98. The molecular formula is C13H16FNO3. The Hall–Kier alpha value is -1.78. The summed E-state index contributed by atoms with van der Waals surface area (Å²) in [7, 11) is 0. The van der Waals surface area contributed by atoms with E-state index in [0.717, 1.165) is 0 Å². The number of hydrogen-bond acceptors (Lipinski definition) is 3. The highest BCUT2D eigenvalue weighted by Gasteiger charge is 2.31. The SMILES string of the molecule is CCC(C(=O)O)N1CC(C)Oc2ccc(F)cc21. The third-order valence-corrected chi connectivity index (χ3v) is 3.06. The van der Waals surface area contributed by atoms with Crippen molar-refractivity contribution in [3.63, 3.8) is 0 Å². The van der Waals surface area contributed by atoms with Crippen LogP contribution in [0.5, 0.6) is 5.75 Å². The van der Waals surface area contributed by atoms with Crippen molar-refractivity contribution in [3.05, 3.63) is 24.0 Å². The van der Waals surface area contributed by atoms with E-state index in [2.05, 4.69) is 0 Å². The Kier molecular flexibility index (Phi) is 3.41. The van der Waals surface area contributed by atoms with E-state index < -0.39 is 17.8 Å². The minimum absolute atomic E-state index is 0.114. The van der Waals surface area contributed by atoms with E-state index in [4.69, 9.17) is 4.74 Å². The van der Waals surface area contributed by atoms with Crippen molar-refractivity contribution in [2.45, 2.75) is 32.4 Å². The van der Waals surface area contributed by atoms with Crippen LogP contribution in [0.1, 0.15) is 20.3 Å². The lowest BCUT2D eigenvalue weighted by atomic mass is 10.1. The lowest BCUT2D eigenvalue weighted by Crippen LogP contribution is -2.48. The summed E-state index contributed by atoms with van der Waals surface area (Å²) in [5, 5.41) is 9.23. The van der Waals surface area contributed by atoms with Gasteiger partial charge in [-0.1, -0.05) is 6.92 Å². The average molecular weight is 253 g/mol.